The van der Waals surface area contributed by atoms with E-state index in [4.69, 9.17) is 4.98 Å². The number of fused-ring (bicyclic) bond motifs is 1. The predicted molar refractivity (Wildman–Crippen MR) is 109 cm³/mol. The van der Waals surface area contributed by atoms with Crippen LogP contribution in [0.1, 0.15) is 17.7 Å². The number of halogens is 2. The van der Waals surface area contributed by atoms with Gasteiger partial charge in [0, 0.05) is 24.2 Å². The second kappa shape index (κ2) is 7.83. The Hall–Kier alpha value is -3.54. The zero-order chi connectivity index (χ0) is 20.4. The van der Waals surface area contributed by atoms with Crippen molar-refractivity contribution in [2.24, 2.45) is 0 Å². The number of nitrogens with one attached hydrogen (secondary N) is 1. The quantitative estimate of drug-likeness (QED) is 0.511. The number of hydrogen-bond acceptors (Lipinski definition) is 2. The fraction of sp³-hybridized carbons (Fsp3) is 0.130. The minimum Gasteiger partial charge on any atom is -0.324 e. The maximum Gasteiger partial charge on any atom is 0.224 e. The minimum atomic E-state index is -0.671. The van der Waals surface area contributed by atoms with Gasteiger partial charge in [-0.15, -0.1) is 0 Å². The molecule has 0 radical (unpaired) electrons. The summed E-state index contributed by atoms with van der Waals surface area (Å²) in [5.41, 5.74) is 4.43. The molecule has 0 unspecified atom stereocenters. The largest absolute Gasteiger partial charge is 0.324 e. The van der Waals surface area contributed by atoms with Crippen molar-refractivity contribution in [1.29, 1.82) is 0 Å². The second-order valence-corrected chi connectivity index (χ2v) is 6.87. The third kappa shape index (κ3) is 4.01. The number of nitrogens with zero attached hydrogens (tertiary/aromatic N) is 2. The third-order valence-corrected chi connectivity index (χ3v) is 4.75. The van der Waals surface area contributed by atoms with E-state index >= 15 is 0 Å². The van der Waals surface area contributed by atoms with Gasteiger partial charge in [-0.05, 0) is 37.6 Å². The Morgan fingerprint density at radius 1 is 1.07 bits per heavy atom. The normalized spacial score (nSPS) is 11.0. The topological polar surface area (TPSA) is 46.4 Å². The van der Waals surface area contributed by atoms with E-state index in [1.165, 1.54) is 0 Å². The average molecular weight is 391 g/mol. The molecule has 146 valence electrons. The van der Waals surface area contributed by atoms with E-state index in [2.05, 4.69) is 5.32 Å². The lowest BCUT2D eigenvalue weighted by Gasteiger charge is -2.08. The molecule has 6 heteroatoms. The predicted octanol–water partition coefficient (Wildman–Crippen LogP) is 5.16. The molecule has 4 aromatic rings. The average Bonchev–Trinajstić information content (AvgIpc) is 3.08. The Morgan fingerprint density at radius 2 is 1.86 bits per heavy atom. The first kappa shape index (κ1) is 18.8. The molecule has 0 spiro atoms. The van der Waals surface area contributed by atoms with Crippen LogP contribution in [0.4, 0.5) is 14.5 Å². The maximum atomic E-state index is 13.8. The molecule has 29 heavy (non-hydrogen) atoms. The molecule has 4 rings (SSSR count). The van der Waals surface area contributed by atoms with Gasteiger partial charge in [-0.3, -0.25) is 4.79 Å². The van der Waals surface area contributed by atoms with Gasteiger partial charge in [0.25, 0.3) is 0 Å². The molecule has 2 aromatic heterocycles. The number of benzene rings is 2. The van der Waals surface area contributed by atoms with Crippen LogP contribution < -0.4 is 5.32 Å². The van der Waals surface area contributed by atoms with Gasteiger partial charge in [-0.1, -0.05) is 35.9 Å². The van der Waals surface area contributed by atoms with Crippen LogP contribution >= 0.6 is 0 Å². The summed E-state index contributed by atoms with van der Waals surface area (Å²) in [6.07, 6.45) is 2.41. The maximum absolute atomic E-state index is 13.8. The Kier molecular flexibility index (Phi) is 5.08. The summed E-state index contributed by atoms with van der Waals surface area (Å²) in [5.74, 6) is -1.67. The molecule has 1 N–H and O–H groups in total. The number of pyridine rings is 1. The SMILES string of the molecule is Cc1ccc(-c2nc3ccccn3c2CCC(=O)Nc2cc(F)ccc2F)cc1. The standard InChI is InChI=1S/C23H19F2N3O/c1-15-5-7-16(8-6-15)23-20(28-13-3-2-4-21(28)27-23)11-12-22(29)26-19-14-17(24)9-10-18(19)25/h2-10,13-14H,11-12H2,1H3,(H,26,29). The first-order valence-corrected chi connectivity index (χ1v) is 9.29. The van der Waals surface area contributed by atoms with Crippen LogP contribution in [0.5, 0.6) is 0 Å². The highest BCUT2D eigenvalue weighted by Gasteiger charge is 2.16. The second-order valence-electron chi connectivity index (χ2n) is 6.87. The zero-order valence-electron chi connectivity index (χ0n) is 15.8. The van der Waals surface area contributed by atoms with Crippen LogP contribution in [0.2, 0.25) is 0 Å². The molecule has 0 aliphatic carbocycles. The van der Waals surface area contributed by atoms with E-state index < -0.39 is 17.5 Å². The van der Waals surface area contributed by atoms with Crippen LogP contribution in [0.15, 0.2) is 66.9 Å². The van der Waals surface area contributed by atoms with Gasteiger partial charge in [0.05, 0.1) is 17.1 Å². The van der Waals surface area contributed by atoms with E-state index in [9.17, 15) is 13.6 Å². The molecule has 0 aliphatic rings. The van der Waals surface area contributed by atoms with Crippen LogP contribution in [0, 0.1) is 18.6 Å². The Bertz CT molecular complexity index is 1180. The van der Waals surface area contributed by atoms with E-state index in [-0.39, 0.29) is 12.1 Å². The molecule has 4 nitrogen and oxygen atoms in total. The summed E-state index contributed by atoms with van der Waals surface area (Å²) >= 11 is 0. The lowest BCUT2D eigenvalue weighted by molar-refractivity contribution is -0.116. The number of hydrogen-bond donors (Lipinski definition) is 1. The van der Waals surface area contributed by atoms with Gasteiger partial charge >= 0.3 is 0 Å². The molecule has 2 aromatic carbocycles. The van der Waals surface area contributed by atoms with Crippen molar-refractivity contribution < 1.29 is 13.6 Å². The summed E-state index contributed by atoms with van der Waals surface area (Å²) < 4.78 is 29.0. The van der Waals surface area contributed by atoms with Crippen LogP contribution in [-0.4, -0.2) is 15.3 Å². The van der Waals surface area contributed by atoms with E-state index in [1.807, 2.05) is 60.0 Å². The summed E-state index contributed by atoms with van der Waals surface area (Å²) in [6.45, 7) is 2.02. The van der Waals surface area contributed by atoms with Crippen LogP contribution in [-0.2, 0) is 11.2 Å². The summed E-state index contributed by atoms with van der Waals surface area (Å²) in [6, 6.07) is 16.7. The Morgan fingerprint density at radius 3 is 2.66 bits per heavy atom. The third-order valence-electron chi connectivity index (χ3n) is 4.75. The van der Waals surface area contributed by atoms with Crippen molar-refractivity contribution in [1.82, 2.24) is 9.38 Å². The van der Waals surface area contributed by atoms with Crippen molar-refractivity contribution in [2.45, 2.75) is 19.8 Å². The molecule has 0 bridgehead atoms. The molecule has 2 heterocycles. The number of anilines is 1. The molecule has 0 fully saturated rings. The van der Waals surface area contributed by atoms with Gasteiger partial charge in [0.15, 0.2) is 0 Å². The van der Waals surface area contributed by atoms with Gasteiger partial charge in [0.2, 0.25) is 5.91 Å². The molecule has 1 amide bonds. The van der Waals surface area contributed by atoms with Crippen molar-refractivity contribution in [2.75, 3.05) is 5.32 Å². The fourth-order valence-electron chi connectivity index (χ4n) is 3.27. The highest BCUT2D eigenvalue weighted by atomic mass is 19.1. The molecule has 0 saturated carbocycles. The monoisotopic (exact) mass is 391 g/mol. The summed E-state index contributed by atoms with van der Waals surface area (Å²) in [7, 11) is 0. The first-order valence-electron chi connectivity index (χ1n) is 9.29. The number of aromatic nitrogens is 2. The van der Waals surface area contributed by atoms with Crippen LogP contribution in [0.3, 0.4) is 0 Å². The lowest BCUT2D eigenvalue weighted by atomic mass is 10.1. The number of rotatable bonds is 5. The van der Waals surface area contributed by atoms with Crippen LogP contribution in [0.25, 0.3) is 16.9 Å². The molecule has 0 saturated heterocycles. The lowest BCUT2D eigenvalue weighted by Crippen LogP contribution is -2.14. The highest BCUT2D eigenvalue weighted by Crippen LogP contribution is 2.26. The molecular formula is C23H19F2N3O. The number of amides is 1. The first-order chi connectivity index (χ1) is 14.0. The van der Waals surface area contributed by atoms with Gasteiger partial charge < -0.3 is 9.72 Å². The van der Waals surface area contributed by atoms with Crippen molar-refractivity contribution in [3.63, 3.8) is 0 Å². The van der Waals surface area contributed by atoms with E-state index in [0.717, 1.165) is 46.4 Å². The highest BCUT2D eigenvalue weighted by molar-refractivity contribution is 5.91. The Balaban J connectivity index is 1.60. The Labute approximate surface area is 166 Å². The van der Waals surface area contributed by atoms with E-state index in [1.54, 1.807) is 0 Å². The van der Waals surface area contributed by atoms with Gasteiger partial charge in [0.1, 0.15) is 17.3 Å². The summed E-state index contributed by atoms with van der Waals surface area (Å²) in [5, 5.41) is 2.44. The molecular weight excluding hydrogens is 372 g/mol. The molecule has 0 aliphatic heterocycles. The number of carbonyl (C=O) groups is 1. The summed E-state index contributed by atoms with van der Waals surface area (Å²) in [4.78, 5) is 17.1. The van der Waals surface area contributed by atoms with Gasteiger partial charge in [-0.2, -0.15) is 0 Å². The van der Waals surface area contributed by atoms with E-state index in [0.29, 0.717) is 6.42 Å². The smallest absolute Gasteiger partial charge is 0.224 e. The number of imidazole rings is 1. The fourth-order valence-corrected chi connectivity index (χ4v) is 3.27. The van der Waals surface area contributed by atoms with Gasteiger partial charge in [-0.25, -0.2) is 13.8 Å². The zero-order valence-corrected chi connectivity index (χ0v) is 15.8. The van der Waals surface area contributed by atoms with Crippen molar-refractivity contribution >= 4 is 17.2 Å². The van der Waals surface area contributed by atoms with Crippen molar-refractivity contribution in [3.8, 4) is 11.3 Å². The minimum absolute atomic E-state index is 0.109. The number of carbonyl (C=O) groups excluding carboxylic acids is 1. The number of aryl methyl sites for hydroxylation is 2. The van der Waals surface area contributed by atoms with Crippen molar-refractivity contribution in [3.05, 3.63) is 89.8 Å². The molecule has 0 atom stereocenters.